The summed E-state index contributed by atoms with van der Waals surface area (Å²) in [7, 11) is 1.59. The van der Waals surface area contributed by atoms with Gasteiger partial charge >= 0.3 is 0 Å². The number of para-hydroxylation sites is 2. The van der Waals surface area contributed by atoms with Gasteiger partial charge in [0.1, 0.15) is 5.52 Å². The van der Waals surface area contributed by atoms with Crippen LogP contribution in [0.1, 0.15) is 24.4 Å². The van der Waals surface area contributed by atoms with E-state index in [0.29, 0.717) is 22.6 Å². The van der Waals surface area contributed by atoms with E-state index in [4.69, 9.17) is 4.42 Å². The Kier molecular flexibility index (Phi) is 4.61. The second kappa shape index (κ2) is 6.84. The monoisotopic (exact) mass is 342 g/mol. The molecule has 0 spiro atoms. The molecule has 3 rings (SSSR count). The number of hydrogen-bond acceptors (Lipinski definition) is 3. The number of benzene rings is 2. The Balaban J connectivity index is 1.73. The number of amides is 1. The number of rotatable bonds is 4. The molecule has 25 heavy (non-hydrogen) atoms. The minimum atomic E-state index is -0.938. The van der Waals surface area contributed by atoms with Gasteiger partial charge in [0.25, 0.3) is 0 Å². The molecule has 1 aromatic heterocycles. The first kappa shape index (κ1) is 16.8. The Morgan fingerprint density at radius 1 is 1.20 bits per heavy atom. The first-order valence-corrected chi connectivity index (χ1v) is 7.71. The molecule has 1 unspecified atom stereocenters. The van der Waals surface area contributed by atoms with Gasteiger partial charge in [-0.3, -0.25) is 4.79 Å². The van der Waals surface area contributed by atoms with Crippen LogP contribution in [-0.4, -0.2) is 22.8 Å². The number of oxazole rings is 1. The van der Waals surface area contributed by atoms with Crippen LogP contribution in [0, 0.1) is 11.6 Å². The lowest BCUT2D eigenvalue weighted by atomic mass is 10.1. The van der Waals surface area contributed by atoms with E-state index < -0.39 is 17.7 Å². The van der Waals surface area contributed by atoms with Crippen LogP contribution < -0.4 is 0 Å². The maximum Gasteiger partial charge on any atom is 0.246 e. The third kappa shape index (κ3) is 3.57. The van der Waals surface area contributed by atoms with Crippen molar-refractivity contribution in [2.45, 2.75) is 13.0 Å². The minimum absolute atomic E-state index is 0.306. The predicted molar refractivity (Wildman–Crippen MR) is 90.6 cm³/mol. The molecular formula is C19H16F2N2O2. The Hall–Kier alpha value is -3.02. The van der Waals surface area contributed by atoms with E-state index in [1.54, 1.807) is 20.0 Å². The van der Waals surface area contributed by atoms with Gasteiger partial charge in [-0.05, 0) is 36.8 Å². The molecule has 0 aliphatic rings. The highest BCUT2D eigenvalue weighted by Gasteiger charge is 2.17. The number of aromatic nitrogens is 1. The molecule has 2 aromatic carbocycles. The zero-order valence-electron chi connectivity index (χ0n) is 13.7. The maximum atomic E-state index is 13.4. The molecule has 4 nitrogen and oxygen atoms in total. The number of nitrogens with zero attached hydrogens (tertiary/aromatic N) is 2. The summed E-state index contributed by atoms with van der Waals surface area (Å²) >= 11 is 0. The van der Waals surface area contributed by atoms with Crippen molar-refractivity contribution in [3.63, 3.8) is 0 Å². The quantitative estimate of drug-likeness (QED) is 0.663. The van der Waals surface area contributed by atoms with E-state index >= 15 is 0 Å². The Bertz CT molecular complexity index is 917. The van der Waals surface area contributed by atoms with Gasteiger partial charge < -0.3 is 9.32 Å². The molecule has 0 aliphatic heterocycles. The van der Waals surface area contributed by atoms with Crippen LogP contribution in [0.2, 0.25) is 0 Å². The lowest BCUT2D eigenvalue weighted by Crippen LogP contribution is -2.28. The molecule has 0 bridgehead atoms. The van der Waals surface area contributed by atoms with E-state index in [1.807, 2.05) is 18.2 Å². The first-order chi connectivity index (χ1) is 12.0. The number of carbonyl (C=O) groups is 1. The van der Waals surface area contributed by atoms with Gasteiger partial charge in [0.05, 0.1) is 6.04 Å². The van der Waals surface area contributed by atoms with Gasteiger partial charge in [-0.1, -0.05) is 18.2 Å². The molecule has 0 aliphatic carbocycles. The van der Waals surface area contributed by atoms with Crippen LogP contribution in [0.5, 0.6) is 0 Å². The lowest BCUT2D eigenvalue weighted by molar-refractivity contribution is -0.126. The van der Waals surface area contributed by atoms with Crippen molar-refractivity contribution in [2.24, 2.45) is 0 Å². The number of fused-ring (bicyclic) bond motifs is 1. The number of halogens is 2. The summed E-state index contributed by atoms with van der Waals surface area (Å²) in [5.41, 5.74) is 1.85. The maximum absolute atomic E-state index is 13.4. The SMILES string of the molecule is CC(c1ccc(F)c(F)c1)N(C)C(=O)/C=C/c1nc2ccccc2o1. The second-order valence-electron chi connectivity index (χ2n) is 5.65. The molecule has 1 atom stereocenters. The molecule has 128 valence electrons. The molecule has 1 amide bonds. The van der Waals surface area contributed by atoms with Crippen LogP contribution >= 0.6 is 0 Å². The standard InChI is InChI=1S/C19H16F2N2O2/c1-12(13-7-8-14(20)15(21)11-13)23(2)19(24)10-9-18-22-16-5-3-4-6-17(16)25-18/h3-12H,1-2H3/b10-9+. The number of carbonyl (C=O) groups excluding carboxylic acids is 1. The third-order valence-electron chi connectivity index (χ3n) is 4.03. The molecule has 0 saturated heterocycles. The molecule has 0 radical (unpaired) electrons. The molecule has 6 heteroatoms. The predicted octanol–water partition coefficient (Wildman–Crippen LogP) is 4.34. The van der Waals surface area contributed by atoms with E-state index in [9.17, 15) is 13.6 Å². The van der Waals surface area contributed by atoms with Crippen molar-refractivity contribution < 1.29 is 18.0 Å². The second-order valence-corrected chi connectivity index (χ2v) is 5.65. The molecule has 3 aromatic rings. The van der Waals surface area contributed by atoms with Crippen molar-refractivity contribution in [1.29, 1.82) is 0 Å². The smallest absolute Gasteiger partial charge is 0.246 e. The van der Waals surface area contributed by atoms with Gasteiger partial charge in [-0.2, -0.15) is 0 Å². The normalized spacial score (nSPS) is 12.6. The topological polar surface area (TPSA) is 46.3 Å². The first-order valence-electron chi connectivity index (χ1n) is 7.71. The van der Waals surface area contributed by atoms with E-state index in [1.165, 1.54) is 23.1 Å². The average Bonchev–Trinajstić information content (AvgIpc) is 3.03. The Labute approximate surface area is 143 Å². The summed E-state index contributed by atoms with van der Waals surface area (Å²) in [5, 5.41) is 0. The fourth-order valence-corrected chi connectivity index (χ4v) is 2.41. The Morgan fingerprint density at radius 3 is 2.68 bits per heavy atom. The van der Waals surface area contributed by atoms with Crippen LogP contribution in [0.3, 0.4) is 0 Å². The fraction of sp³-hybridized carbons (Fsp3) is 0.158. The van der Waals surface area contributed by atoms with Crippen molar-refractivity contribution in [1.82, 2.24) is 9.88 Å². The van der Waals surface area contributed by atoms with Gasteiger partial charge in [-0.25, -0.2) is 13.8 Å². The fourth-order valence-electron chi connectivity index (χ4n) is 2.41. The van der Waals surface area contributed by atoms with Gasteiger partial charge in [0.15, 0.2) is 17.2 Å². The van der Waals surface area contributed by atoms with Gasteiger partial charge in [0.2, 0.25) is 11.8 Å². The summed E-state index contributed by atoms with van der Waals surface area (Å²) in [6, 6.07) is 10.5. The van der Waals surface area contributed by atoms with Crippen LogP contribution in [0.25, 0.3) is 17.2 Å². The highest BCUT2D eigenvalue weighted by molar-refractivity contribution is 5.91. The van der Waals surface area contributed by atoms with Crippen molar-refractivity contribution >= 4 is 23.1 Å². The number of hydrogen-bond donors (Lipinski definition) is 0. The summed E-state index contributed by atoms with van der Waals surface area (Å²) in [5.74, 6) is -1.84. The molecule has 1 heterocycles. The van der Waals surface area contributed by atoms with Crippen molar-refractivity contribution in [2.75, 3.05) is 7.05 Å². The average molecular weight is 342 g/mol. The summed E-state index contributed by atoms with van der Waals surface area (Å²) in [6.07, 6.45) is 2.82. The largest absolute Gasteiger partial charge is 0.437 e. The lowest BCUT2D eigenvalue weighted by Gasteiger charge is -2.24. The van der Waals surface area contributed by atoms with E-state index in [0.717, 1.165) is 12.1 Å². The zero-order valence-corrected chi connectivity index (χ0v) is 13.7. The van der Waals surface area contributed by atoms with Crippen molar-refractivity contribution in [3.05, 3.63) is 71.6 Å². The molecule has 0 N–H and O–H groups in total. The summed E-state index contributed by atoms with van der Waals surface area (Å²) in [6.45, 7) is 1.73. The molecular weight excluding hydrogens is 326 g/mol. The number of likely N-dealkylation sites (N-methyl/N-ethyl adjacent to an activating group) is 1. The van der Waals surface area contributed by atoms with Gasteiger partial charge in [-0.15, -0.1) is 0 Å². The van der Waals surface area contributed by atoms with E-state index in [-0.39, 0.29) is 5.91 Å². The summed E-state index contributed by atoms with van der Waals surface area (Å²) in [4.78, 5) is 18.0. The molecule has 0 saturated carbocycles. The highest BCUT2D eigenvalue weighted by atomic mass is 19.2. The summed E-state index contributed by atoms with van der Waals surface area (Å²) < 4.78 is 31.9. The minimum Gasteiger partial charge on any atom is -0.437 e. The molecule has 0 fully saturated rings. The van der Waals surface area contributed by atoms with Crippen LogP contribution in [0.4, 0.5) is 8.78 Å². The van der Waals surface area contributed by atoms with Crippen LogP contribution in [0.15, 0.2) is 53.0 Å². The van der Waals surface area contributed by atoms with Crippen molar-refractivity contribution in [3.8, 4) is 0 Å². The Morgan fingerprint density at radius 2 is 1.96 bits per heavy atom. The van der Waals surface area contributed by atoms with Crippen LogP contribution in [-0.2, 0) is 4.79 Å². The third-order valence-corrected chi connectivity index (χ3v) is 4.03. The highest BCUT2D eigenvalue weighted by Crippen LogP contribution is 2.21. The zero-order chi connectivity index (χ0) is 18.0. The van der Waals surface area contributed by atoms with E-state index in [2.05, 4.69) is 4.98 Å². The van der Waals surface area contributed by atoms with Gasteiger partial charge in [0, 0.05) is 19.2 Å².